The molecule has 0 aliphatic carbocycles. The van der Waals surface area contributed by atoms with Crippen molar-refractivity contribution < 1.29 is 189 Å². The summed E-state index contributed by atoms with van der Waals surface area (Å²) in [6.45, 7) is 1.64. The quantitative estimate of drug-likeness (QED) is 0.0413. The molecule has 5 aromatic carbocycles. The number of anilines is 3. The Morgan fingerprint density at radius 3 is 1.36 bits per heavy atom. The Balaban J connectivity index is 0. The summed E-state index contributed by atoms with van der Waals surface area (Å²) < 4.78 is 123. The van der Waals surface area contributed by atoms with E-state index >= 15 is 0 Å². The van der Waals surface area contributed by atoms with Crippen molar-refractivity contribution in [1.82, 2.24) is 5.32 Å². The van der Waals surface area contributed by atoms with Crippen LogP contribution in [-0.2, 0) is 51.0 Å². The number of carbonyl (C=O) groups excluding carboxylic acids is 4. The first-order valence-corrected chi connectivity index (χ1v) is 21.5. The molecule has 4 amide bonds. The van der Waals surface area contributed by atoms with Crippen LogP contribution in [0.3, 0.4) is 0 Å². The second kappa shape index (κ2) is 30.3. The predicted octanol–water partition coefficient (Wildman–Crippen LogP) is -9.51. The molecule has 0 aliphatic heterocycles. The van der Waals surface area contributed by atoms with Crippen LogP contribution in [0.25, 0.3) is 22.3 Å². The third-order valence-corrected chi connectivity index (χ3v) is 9.41. The molecule has 0 aromatic heterocycles. The molecule has 0 unspecified atom stereocenters. The Morgan fingerprint density at radius 2 is 0.939 bits per heavy atom. The number of nitrogens with one attached hydrogen (secondary N) is 4. The summed E-state index contributed by atoms with van der Waals surface area (Å²) >= 11 is 0. The molecule has 0 spiro atoms. The summed E-state index contributed by atoms with van der Waals surface area (Å²) in [7, 11) is -14.6. The summed E-state index contributed by atoms with van der Waals surface area (Å²) in [5.74, 6) is -2.43. The Bertz CT molecular complexity index is 2990. The fourth-order valence-electron chi connectivity index (χ4n) is 5.10. The van der Waals surface area contributed by atoms with Gasteiger partial charge in [-0.25, -0.2) is 16.8 Å². The monoisotopic (exact) mass is 1020 g/mol. The molecule has 0 saturated carbocycles. The zero-order chi connectivity index (χ0) is 46.4. The summed E-state index contributed by atoms with van der Waals surface area (Å²) in [6, 6.07) is 28.2. The van der Waals surface area contributed by atoms with E-state index in [9.17, 15) is 45.1 Å². The smallest absolute Gasteiger partial charge is 0.745 e. The molecule has 324 valence electrons. The van der Waals surface area contributed by atoms with Crippen LogP contribution in [0, 0.1) is 19.1 Å². The van der Waals surface area contributed by atoms with E-state index in [1.54, 1.807) is 25.1 Å². The molecule has 66 heavy (non-hydrogen) atoms. The van der Waals surface area contributed by atoms with Crippen LogP contribution in [0.1, 0.15) is 26.3 Å². The predicted molar refractivity (Wildman–Crippen MR) is 216 cm³/mol. The average Bonchev–Trinajstić information content (AvgIpc) is 3.19. The van der Waals surface area contributed by atoms with E-state index in [1.165, 1.54) is 79.8 Å². The zero-order valence-electron chi connectivity index (χ0n) is 35.6. The van der Waals surface area contributed by atoms with Crippen molar-refractivity contribution in [3.05, 3.63) is 138 Å². The van der Waals surface area contributed by atoms with Gasteiger partial charge in [0.1, 0.15) is 20.2 Å². The van der Waals surface area contributed by atoms with Gasteiger partial charge < -0.3 is 30.4 Å². The number of aryl methyl sites for hydroxylation is 1. The van der Waals surface area contributed by atoms with E-state index in [-0.39, 0.29) is 163 Å². The van der Waals surface area contributed by atoms with Crippen LogP contribution in [0.5, 0.6) is 0 Å². The number of hydrogen-bond acceptors (Lipinski definition) is 16. The van der Waals surface area contributed by atoms with Crippen molar-refractivity contribution in [2.45, 2.75) is 16.7 Å². The van der Waals surface area contributed by atoms with E-state index in [4.69, 9.17) is 25.3 Å². The number of hydrogen-bond donors (Lipinski definition) is 4. The minimum atomic E-state index is -5.07. The van der Waals surface area contributed by atoms with Crippen LogP contribution in [0.2, 0.25) is 0 Å². The fraction of sp³-hybridized carbons (Fsp3) is 0.0526. The summed E-state index contributed by atoms with van der Waals surface area (Å²) in [5, 5.41) is 10.0. The number of carbonyl (C=O) groups is 4. The summed E-state index contributed by atoms with van der Waals surface area (Å²) in [6.07, 6.45) is 1.78. The van der Waals surface area contributed by atoms with Gasteiger partial charge in [-0.05, 0) is 48.6 Å². The maximum Gasteiger partial charge on any atom is 1.00 e. The van der Waals surface area contributed by atoms with Crippen molar-refractivity contribution in [2.24, 2.45) is 0 Å². The molecule has 5 aromatic rings. The minimum Gasteiger partial charge on any atom is -0.745 e. The topological polar surface area (TPSA) is 333 Å². The van der Waals surface area contributed by atoms with Crippen LogP contribution < -0.4 is 139 Å². The van der Waals surface area contributed by atoms with Crippen LogP contribution in [-0.4, -0.2) is 81.9 Å². The van der Waals surface area contributed by atoms with Crippen molar-refractivity contribution in [2.75, 3.05) is 23.0 Å². The van der Waals surface area contributed by atoms with E-state index in [0.717, 1.165) is 18.2 Å². The first-order valence-electron chi connectivity index (χ1n) is 16.7. The molecule has 0 fully saturated rings. The van der Waals surface area contributed by atoms with Gasteiger partial charge in [-0.2, -0.15) is 0 Å². The van der Waals surface area contributed by atoms with Crippen LogP contribution >= 0.6 is 0 Å². The largest absolute Gasteiger partial charge is 1.00 e. The molecule has 0 bridgehead atoms. The third-order valence-electron chi connectivity index (χ3n) is 7.66. The molecule has 5 rings (SSSR count). The summed E-state index contributed by atoms with van der Waals surface area (Å²) in [5.41, 5.74) is 2.17. The molecule has 0 radical (unpaired) electrons. The molecule has 0 atom stereocenters. The van der Waals surface area contributed by atoms with Gasteiger partial charge in [0.05, 0.1) is 0 Å². The fourth-order valence-corrected chi connectivity index (χ4v) is 6.59. The van der Waals surface area contributed by atoms with Crippen molar-refractivity contribution in [1.29, 1.82) is 0 Å². The molecule has 28 heteroatoms. The second-order valence-corrected chi connectivity index (χ2v) is 15.4. The molecular formula is C38H28N4Na4O16S4. The third kappa shape index (κ3) is 21.8. The van der Waals surface area contributed by atoms with E-state index in [2.05, 4.69) is 33.4 Å². The molecule has 0 aliphatic rings. The van der Waals surface area contributed by atoms with E-state index in [1.807, 2.05) is 0 Å². The van der Waals surface area contributed by atoms with Gasteiger partial charge in [0.2, 0.25) is 17.7 Å². The molecule has 0 saturated heterocycles. The van der Waals surface area contributed by atoms with Crippen LogP contribution in [0.15, 0.2) is 119 Å². The van der Waals surface area contributed by atoms with Gasteiger partial charge in [-0.1, -0.05) is 47.0 Å². The SMILES string of the molecule is CNC(=O)c1cccc(C(=O)Nc2c[c-]c(-c3ccc(NC(=O)/C=C/C(=O)Nc4c[c-]c(-c5ccc(C)cc5S(=O)(=O)[O-])cc4)cc3S(=O)(=O)[O-])cc2)c1.O=S(=O)=O.O=S(=O)=O.[Na+].[Na+].[Na+].[Na+]. The molecule has 4 N–H and O–H groups in total. The second-order valence-electron chi connectivity index (χ2n) is 11.9. The first kappa shape index (κ1) is 64.9. The van der Waals surface area contributed by atoms with Crippen molar-refractivity contribution >= 4 is 82.1 Å². The Labute approximate surface area is 470 Å². The summed E-state index contributed by atoms with van der Waals surface area (Å²) in [4.78, 5) is 48.6. The Hall–Kier alpha value is -3.22. The van der Waals surface area contributed by atoms with E-state index in [0.29, 0.717) is 16.8 Å². The maximum atomic E-state index is 12.7. The van der Waals surface area contributed by atoms with Gasteiger partial charge in [0.15, 0.2) is 0 Å². The van der Waals surface area contributed by atoms with Gasteiger partial charge in [-0.15, -0.1) is 84.9 Å². The van der Waals surface area contributed by atoms with Gasteiger partial charge in [-0.3, -0.25) is 19.2 Å². The number of rotatable bonds is 11. The van der Waals surface area contributed by atoms with Crippen molar-refractivity contribution in [3.63, 3.8) is 0 Å². The minimum absolute atomic E-state index is 0. The molecule has 20 nitrogen and oxygen atoms in total. The van der Waals surface area contributed by atoms with Crippen LogP contribution in [0.4, 0.5) is 17.1 Å². The van der Waals surface area contributed by atoms with Crippen molar-refractivity contribution in [3.8, 4) is 22.3 Å². The Morgan fingerprint density at radius 1 is 0.545 bits per heavy atom. The van der Waals surface area contributed by atoms with Gasteiger partial charge >= 0.3 is 139 Å². The number of benzene rings is 5. The van der Waals surface area contributed by atoms with E-state index < -0.39 is 69.0 Å². The normalized spacial score (nSPS) is 10.1. The molecular weight excluding hydrogens is 989 g/mol. The van der Waals surface area contributed by atoms with Gasteiger partial charge in [0.25, 0.3) is 5.91 Å². The average molecular weight is 1020 g/mol. The van der Waals surface area contributed by atoms with Gasteiger partial charge in [0, 0.05) is 45.8 Å². The first-order chi connectivity index (χ1) is 29.0. The number of amides is 4. The zero-order valence-corrected chi connectivity index (χ0v) is 46.8. The standard InChI is InChI=1S/C38H30N4O10S2.4Na.2O3S/c1-23-6-16-31(33(20-23)53(47,48)49)24-7-11-28(12-8-24)40-35(43)18-19-36(44)41-30-15-17-32(34(22-30)54(50,51)52)25-9-13-29(14-10-25)42-38(46)27-5-3-4-26(21-27)37(45)39-2;;;;;2*1-4(2)3/h3-7,9,11-22H,1-2H3,(H,39,45)(H,40,43)(H,41,44)(H,42,46)(H,47,48,49)(H,50,51,52);;;;;;/q-2;4*+1;;/p-2/b19-18+;;;;;;. The molecule has 0 heterocycles. The maximum absolute atomic E-state index is 12.7. The Kier molecular flexibility index (Phi) is 29.8.